The molecule has 2 aromatic rings. The SMILES string of the molecule is C[C@@H]1CC(C[C@H](NC(=O)c2cc(Cl)ccc2NC(=O)C(F)(F)Cc2ccccc2)C(=O)C(=O)NC2CC2)C(=O)N1. The Kier molecular flexibility index (Phi) is 8.82. The van der Waals surface area contributed by atoms with Crippen LogP contribution < -0.4 is 21.3 Å². The largest absolute Gasteiger partial charge is 0.353 e. The zero-order valence-electron chi connectivity index (χ0n) is 21.6. The number of benzene rings is 2. The molecular formula is C28H29ClF2N4O5. The summed E-state index contributed by atoms with van der Waals surface area (Å²) in [5.41, 5.74) is -0.311. The first-order chi connectivity index (χ1) is 18.9. The molecule has 4 rings (SSSR count). The lowest BCUT2D eigenvalue weighted by atomic mass is 9.93. The van der Waals surface area contributed by atoms with Gasteiger partial charge >= 0.3 is 5.92 Å². The molecule has 2 aliphatic rings. The smallest absolute Gasteiger partial charge is 0.328 e. The summed E-state index contributed by atoms with van der Waals surface area (Å²) in [5.74, 6) is -9.14. The van der Waals surface area contributed by atoms with Crippen molar-refractivity contribution in [2.75, 3.05) is 5.32 Å². The first-order valence-corrected chi connectivity index (χ1v) is 13.3. The van der Waals surface area contributed by atoms with Crippen LogP contribution in [0.5, 0.6) is 0 Å². The summed E-state index contributed by atoms with van der Waals surface area (Å²) in [4.78, 5) is 63.8. The Morgan fingerprint density at radius 1 is 1.10 bits per heavy atom. The molecule has 0 aromatic heterocycles. The van der Waals surface area contributed by atoms with Crippen molar-refractivity contribution >= 4 is 46.7 Å². The number of amides is 4. The number of halogens is 3. The highest BCUT2D eigenvalue weighted by Gasteiger charge is 2.40. The van der Waals surface area contributed by atoms with Gasteiger partial charge in [0.15, 0.2) is 0 Å². The molecular weight excluding hydrogens is 546 g/mol. The molecule has 0 spiro atoms. The van der Waals surface area contributed by atoms with Crippen LogP contribution in [0.4, 0.5) is 14.5 Å². The van der Waals surface area contributed by atoms with Crippen molar-refractivity contribution in [3.8, 4) is 0 Å². The molecule has 1 aliphatic carbocycles. The minimum Gasteiger partial charge on any atom is -0.353 e. The Balaban J connectivity index is 1.53. The Hall–Kier alpha value is -3.86. The molecule has 0 radical (unpaired) electrons. The van der Waals surface area contributed by atoms with Gasteiger partial charge in [0.25, 0.3) is 17.7 Å². The van der Waals surface area contributed by atoms with Crippen LogP contribution in [-0.4, -0.2) is 53.5 Å². The molecule has 2 fully saturated rings. The molecule has 4 amide bonds. The summed E-state index contributed by atoms with van der Waals surface area (Å²) in [7, 11) is 0. The first kappa shape index (κ1) is 29.1. The lowest BCUT2D eigenvalue weighted by Gasteiger charge is -2.21. The van der Waals surface area contributed by atoms with Crippen molar-refractivity contribution in [1.82, 2.24) is 16.0 Å². The summed E-state index contributed by atoms with van der Waals surface area (Å²) in [6.07, 6.45) is 0.870. The second kappa shape index (κ2) is 12.1. The highest BCUT2D eigenvalue weighted by atomic mass is 35.5. The van der Waals surface area contributed by atoms with E-state index in [-0.39, 0.29) is 46.2 Å². The summed E-state index contributed by atoms with van der Waals surface area (Å²) in [6.45, 7) is 1.79. The minimum atomic E-state index is -3.80. The quantitative estimate of drug-likeness (QED) is 0.306. The van der Waals surface area contributed by atoms with E-state index in [1.165, 1.54) is 24.3 Å². The number of ketones is 1. The number of carbonyl (C=O) groups is 5. The summed E-state index contributed by atoms with van der Waals surface area (Å²) < 4.78 is 29.5. The number of rotatable bonds is 11. The maximum atomic E-state index is 14.7. The lowest BCUT2D eigenvalue weighted by Crippen LogP contribution is -2.49. The van der Waals surface area contributed by atoms with Gasteiger partial charge in [0.1, 0.15) is 0 Å². The number of Topliss-reactive ketones (excluding diaryl/α,β-unsaturated/α-hetero) is 1. The van der Waals surface area contributed by atoms with Crippen LogP contribution in [0.2, 0.25) is 5.02 Å². The van der Waals surface area contributed by atoms with E-state index < -0.39 is 47.8 Å². The lowest BCUT2D eigenvalue weighted by molar-refractivity contribution is -0.139. The zero-order valence-corrected chi connectivity index (χ0v) is 22.4. The van der Waals surface area contributed by atoms with Crippen LogP contribution in [0.1, 0.15) is 48.5 Å². The van der Waals surface area contributed by atoms with E-state index in [1.807, 2.05) is 0 Å². The molecule has 0 bridgehead atoms. The van der Waals surface area contributed by atoms with E-state index in [1.54, 1.807) is 25.1 Å². The molecule has 1 saturated heterocycles. The Morgan fingerprint density at radius 2 is 1.80 bits per heavy atom. The Morgan fingerprint density at radius 3 is 2.42 bits per heavy atom. The molecule has 9 nitrogen and oxygen atoms in total. The summed E-state index contributed by atoms with van der Waals surface area (Å²) >= 11 is 6.06. The van der Waals surface area contributed by atoms with Crippen LogP contribution in [0.25, 0.3) is 0 Å². The molecule has 1 aliphatic heterocycles. The van der Waals surface area contributed by atoms with E-state index >= 15 is 0 Å². The molecule has 1 unspecified atom stereocenters. The molecule has 12 heteroatoms. The fourth-order valence-corrected chi connectivity index (χ4v) is 4.68. The van der Waals surface area contributed by atoms with Gasteiger partial charge in [0.05, 0.1) is 17.3 Å². The highest BCUT2D eigenvalue weighted by Crippen LogP contribution is 2.27. The monoisotopic (exact) mass is 574 g/mol. The minimum absolute atomic E-state index is 0.0672. The van der Waals surface area contributed by atoms with Gasteiger partial charge in [-0.25, -0.2) is 0 Å². The molecule has 4 N–H and O–H groups in total. The average molecular weight is 575 g/mol. The normalized spacial score (nSPS) is 19.4. The van der Waals surface area contributed by atoms with E-state index in [0.29, 0.717) is 6.42 Å². The van der Waals surface area contributed by atoms with Gasteiger partial charge in [-0.2, -0.15) is 8.78 Å². The fraction of sp³-hybridized carbons (Fsp3) is 0.393. The second-order valence-corrected chi connectivity index (χ2v) is 10.7. The Bertz CT molecular complexity index is 1320. The van der Waals surface area contributed by atoms with Gasteiger partial charge in [-0.05, 0) is 56.4 Å². The van der Waals surface area contributed by atoms with Crippen LogP contribution in [0.3, 0.4) is 0 Å². The van der Waals surface area contributed by atoms with Crippen molar-refractivity contribution < 1.29 is 32.8 Å². The third-order valence-electron chi connectivity index (χ3n) is 6.75. The third-order valence-corrected chi connectivity index (χ3v) is 6.99. The van der Waals surface area contributed by atoms with Crippen LogP contribution in [-0.2, 0) is 25.6 Å². The van der Waals surface area contributed by atoms with Gasteiger partial charge in [0, 0.05) is 29.4 Å². The van der Waals surface area contributed by atoms with Crippen LogP contribution in [0, 0.1) is 5.92 Å². The third kappa shape index (κ3) is 7.41. The second-order valence-electron chi connectivity index (χ2n) is 10.2. The standard InChI is InChI=1S/C28H29ClF2N4O5/c1-15-11-17(24(37)32-15)12-22(23(36)26(39)33-19-8-9-19)34-25(38)20-13-18(29)7-10-21(20)35-27(40)28(30,31)14-16-5-3-2-4-6-16/h2-7,10,13,15,17,19,22H,8-9,11-12,14H2,1H3,(H,32,37)(H,33,39)(H,34,38)(H,35,40)/t15-,17?,22+/m1/s1. The highest BCUT2D eigenvalue weighted by molar-refractivity contribution is 6.38. The van der Waals surface area contributed by atoms with Gasteiger partial charge in [0.2, 0.25) is 11.7 Å². The zero-order chi connectivity index (χ0) is 29.0. The molecule has 2 aromatic carbocycles. The van der Waals surface area contributed by atoms with E-state index in [2.05, 4.69) is 21.3 Å². The molecule has 1 heterocycles. The van der Waals surface area contributed by atoms with Crippen molar-refractivity contribution in [2.45, 2.75) is 63.1 Å². The number of hydrogen-bond acceptors (Lipinski definition) is 5. The Labute approximate surface area is 234 Å². The number of nitrogens with one attached hydrogen (secondary N) is 4. The summed E-state index contributed by atoms with van der Waals surface area (Å²) in [5, 5.41) is 9.93. The van der Waals surface area contributed by atoms with Crippen molar-refractivity contribution in [1.29, 1.82) is 0 Å². The number of anilines is 1. The number of carbonyl (C=O) groups excluding carboxylic acids is 5. The van der Waals surface area contributed by atoms with Crippen molar-refractivity contribution in [3.63, 3.8) is 0 Å². The summed E-state index contributed by atoms with van der Waals surface area (Å²) in [6, 6.07) is 9.74. The average Bonchev–Trinajstić information content (AvgIpc) is 3.66. The van der Waals surface area contributed by atoms with Crippen LogP contribution >= 0.6 is 11.6 Å². The van der Waals surface area contributed by atoms with Crippen LogP contribution in [0.15, 0.2) is 48.5 Å². The maximum absolute atomic E-state index is 14.7. The number of alkyl halides is 2. The first-order valence-electron chi connectivity index (χ1n) is 12.9. The molecule has 1 saturated carbocycles. The van der Waals surface area contributed by atoms with Gasteiger partial charge in [-0.15, -0.1) is 0 Å². The van der Waals surface area contributed by atoms with E-state index in [9.17, 15) is 32.8 Å². The predicted octanol–water partition coefficient (Wildman–Crippen LogP) is 3.02. The van der Waals surface area contributed by atoms with Crippen molar-refractivity contribution in [2.24, 2.45) is 5.92 Å². The topological polar surface area (TPSA) is 133 Å². The molecule has 3 atom stereocenters. The van der Waals surface area contributed by atoms with Gasteiger partial charge < -0.3 is 21.3 Å². The number of hydrogen-bond donors (Lipinski definition) is 4. The van der Waals surface area contributed by atoms with E-state index in [0.717, 1.165) is 18.9 Å². The van der Waals surface area contributed by atoms with Crippen molar-refractivity contribution in [3.05, 3.63) is 64.7 Å². The van der Waals surface area contributed by atoms with Gasteiger partial charge in [-0.3, -0.25) is 24.0 Å². The predicted molar refractivity (Wildman–Crippen MR) is 143 cm³/mol. The van der Waals surface area contributed by atoms with Gasteiger partial charge in [-0.1, -0.05) is 41.9 Å². The fourth-order valence-electron chi connectivity index (χ4n) is 4.51. The maximum Gasteiger partial charge on any atom is 0.328 e. The molecule has 40 heavy (non-hydrogen) atoms. The van der Waals surface area contributed by atoms with E-state index in [4.69, 9.17) is 11.6 Å². The molecule has 212 valence electrons.